The number of fused-ring (bicyclic) bond motifs is 3. The lowest BCUT2D eigenvalue weighted by atomic mass is 9.93. The van der Waals surface area contributed by atoms with E-state index in [1.54, 1.807) is 29.9 Å². The molecule has 1 aliphatic heterocycles. The summed E-state index contributed by atoms with van der Waals surface area (Å²) in [5.41, 5.74) is 0.878. The quantitative estimate of drug-likeness (QED) is 0.325. The molecule has 4 aliphatic rings. The number of carbonyl (C=O) groups is 3. The van der Waals surface area contributed by atoms with Crippen molar-refractivity contribution in [3.63, 3.8) is 0 Å². The van der Waals surface area contributed by atoms with E-state index < -0.39 is 50.6 Å². The zero-order chi connectivity index (χ0) is 36.9. The highest BCUT2D eigenvalue weighted by Gasteiger charge is 2.62. The first-order valence-electron chi connectivity index (χ1n) is 18.2. The second kappa shape index (κ2) is 13.8. The molecule has 5 unspecified atom stereocenters. The van der Waals surface area contributed by atoms with Crippen LogP contribution in [0.2, 0.25) is 0 Å². The molecule has 3 fully saturated rings. The number of rotatable bonds is 8. The number of aryl methyl sites for hydroxylation is 1. The van der Waals surface area contributed by atoms with E-state index in [1.165, 1.54) is 0 Å². The average molecular weight is 734 g/mol. The van der Waals surface area contributed by atoms with Crippen LogP contribution in [0, 0.1) is 24.7 Å². The number of allylic oxidation sites excluding steroid dienone is 1. The summed E-state index contributed by atoms with van der Waals surface area (Å²) in [6, 6.07) is 5.57. The first kappa shape index (κ1) is 35.9. The number of carbonyl (C=O) groups excluding carboxylic acids is 3. The summed E-state index contributed by atoms with van der Waals surface area (Å²) in [6.45, 7) is 6.56. The van der Waals surface area contributed by atoms with Crippen molar-refractivity contribution in [3.8, 4) is 17.6 Å². The number of ether oxygens (including phenoxy) is 2. The van der Waals surface area contributed by atoms with E-state index in [-0.39, 0.29) is 42.9 Å². The van der Waals surface area contributed by atoms with Gasteiger partial charge in [0.25, 0.3) is 11.9 Å². The Morgan fingerprint density at radius 3 is 2.58 bits per heavy atom. The van der Waals surface area contributed by atoms with Gasteiger partial charge in [-0.3, -0.25) is 19.1 Å². The highest BCUT2D eigenvalue weighted by atomic mass is 32.2. The Morgan fingerprint density at radius 1 is 1.10 bits per heavy atom. The summed E-state index contributed by atoms with van der Waals surface area (Å²) < 4.78 is 41.6. The zero-order valence-corrected chi connectivity index (χ0v) is 31.1. The lowest BCUT2D eigenvalue weighted by Crippen LogP contribution is -2.54. The van der Waals surface area contributed by atoms with Crippen molar-refractivity contribution in [1.29, 1.82) is 0 Å². The van der Waals surface area contributed by atoms with Crippen molar-refractivity contribution >= 4 is 38.6 Å². The van der Waals surface area contributed by atoms with Crippen molar-refractivity contribution in [2.75, 3.05) is 20.7 Å². The summed E-state index contributed by atoms with van der Waals surface area (Å²) in [7, 11) is -0.493. The molecular formula is C37H47N7O7S. The second-order valence-corrected chi connectivity index (χ2v) is 17.0. The average Bonchev–Trinajstić information content (AvgIpc) is 3.98. The minimum absolute atomic E-state index is 0.174. The van der Waals surface area contributed by atoms with Crippen molar-refractivity contribution in [3.05, 3.63) is 47.8 Å². The van der Waals surface area contributed by atoms with Gasteiger partial charge in [-0.05, 0) is 82.4 Å². The summed E-state index contributed by atoms with van der Waals surface area (Å²) in [5, 5.41) is 7.68. The maximum Gasteiger partial charge on any atom is 0.259 e. The molecule has 5 atom stereocenters. The molecular weight excluding hydrogens is 687 g/mol. The van der Waals surface area contributed by atoms with Gasteiger partial charge in [0.2, 0.25) is 27.7 Å². The number of methoxy groups -OCH3 is 1. The number of nitrogens with zero attached hydrogens (tertiary/aromatic N) is 5. The maximum absolute atomic E-state index is 14.3. The molecule has 2 N–H and O–H groups in total. The second-order valence-electron chi connectivity index (χ2n) is 15.0. The Labute approximate surface area is 303 Å². The lowest BCUT2D eigenvalue weighted by molar-refractivity contribution is -0.140. The fourth-order valence-electron chi connectivity index (χ4n) is 7.49. The van der Waals surface area contributed by atoms with Crippen LogP contribution in [-0.4, -0.2) is 88.4 Å². The molecule has 0 saturated heterocycles. The van der Waals surface area contributed by atoms with Gasteiger partial charge in [0.1, 0.15) is 17.4 Å². The fourth-order valence-corrected chi connectivity index (χ4v) is 8.86. The molecule has 15 heteroatoms. The van der Waals surface area contributed by atoms with Gasteiger partial charge in [0.15, 0.2) is 0 Å². The van der Waals surface area contributed by atoms with E-state index in [0.717, 1.165) is 30.5 Å². The maximum atomic E-state index is 14.3. The largest absolute Gasteiger partial charge is 0.496 e. The van der Waals surface area contributed by atoms with Crippen LogP contribution in [0.4, 0.5) is 0 Å². The molecule has 3 amide bonds. The van der Waals surface area contributed by atoms with Gasteiger partial charge in [-0.25, -0.2) is 18.1 Å². The fraction of sp³-hybridized carbons (Fsp3) is 0.568. The zero-order valence-electron chi connectivity index (χ0n) is 30.3. The molecule has 0 bridgehead atoms. The van der Waals surface area contributed by atoms with E-state index in [0.29, 0.717) is 42.0 Å². The molecule has 2 aromatic heterocycles. The molecule has 1 aromatic carbocycles. The minimum Gasteiger partial charge on any atom is -0.496 e. The Bertz CT molecular complexity index is 2040. The van der Waals surface area contributed by atoms with Crippen LogP contribution in [0.25, 0.3) is 16.9 Å². The Balaban J connectivity index is 1.21. The summed E-state index contributed by atoms with van der Waals surface area (Å²) in [5.74, 6) is -1.85. The first-order chi connectivity index (χ1) is 24.8. The van der Waals surface area contributed by atoms with E-state index in [2.05, 4.69) is 29.0 Å². The molecule has 0 spiro atoms. The van der Waals surface area contributed by atoms with Crippen LogP contribution in [0.3, 0.4) is 0 Å². The highest BCUT2D eigenvalue weighted by molar-refractivity contribution is 7.91. The van der Waals surface area contributed by atoms with Crippen LogP contribution in [0.15, 0.2) is 36.5 Å². The standard InChI is InChI=1S/C37H47N7O7S/c1-21(2)29-15-17-44(41-29)36-38-31-22(3)30(50-5)14-13-26(31)33(39-36)51-24-18-27-28(19-24)34(46)43(4)16-9-7-6-8-10-23-20-37(23,40-32(27)45)35(47)42-52(48,49)25-11-12-25/h8,10,13-15,17,21,23-25,27-28H,6-7,9,11-12,16,18-20H2,1-5H3,(H,40,45)(H,42,47)/b10-8+. The lowest BCUT2D eigenvalue weighted by Gasteiger charge is -2.26. The predicted octanol–water partition coefficient (Wildman–Crippen LogP) is 3.71. The van der Waals surface area contributed by atoms with Gasteiger partial charge >= 0.3 is 0 Å². The third kappa shape index (κ3) is 6.86. The van der Waals surface area contributed by atoms with E-state index in [4.69, 9.17) is 19.4 Å². The number of benzene rings is 1. The molecule has 0 radical (unpaired) electrons. The monoisotopic (exact) mass is 733 g/mol. The van der Waals surface area contributed by atoms with Gasteiger partial charge < -0.3 is 19.7 Å². The molecule has 14 nitrogen and oxygen atoms in total. The summed E-state index contributed by atoms with van der Waals surface area (Å²) in [6.07, 6.45) is 9.16. The molecule has 3 aliphatic carbocycles. The smallest absolute Gasteiger partial charge is 0.259 e. The number of sulfonamides is 1. The third-order valence-electron chi connectivity index (χ3n) is 10.9. The Kier molecular flexibility index (Phi) is 9.51. The van der Waals surface area contributed by atoms with Gasteiger partial charge in [0.05, 0.1) is 40.8 Å². The van der Waals surface area contributed by atoms with E-state index >= 15 is 0 Å². The van der Waals surface area contributed by atoms with Gasteiger partial charge in [-0.2, -0.15) is 10.1 Å². The molecule has 3 heterocycles. The normalized spacial score (nSPS) is 27.4. The number of nitrogens with one attached hydrogen (secondary N) is 2. The molecule has 7 rings (SSSR count). The van der Waals surface area contributed by atoms with Crippen molar-refractivity contribution in [2.45, 2.75) is 94.9 Å². The van der Waals surface area contributed by atoms with E-state index in [9.17, 15) is 22.8 Å². The molecule has 3 aromatic rings. The van der Waals surface area contributed by atoms with Crippen LogP contribution in [0.5, 0.6) is 11.6 Å². The molecule has 3 saturated carbocycles. The van der Waals surface area contributed by atoms with Crippen molar-refractivity contribution < 1.29 is 32.3 Å². The van der Waals surface area contributed by atoms with Crippen molar-refractivity contribution in [2.24, 2.45) is 17.8 Å². The van der Waals surface area contributed by atoms with Gasteiger partial charge in [-0.15, -0.1) is 0 Å². The van der Waals surface area contributed by atoms with Crippen molar-refractivity contribution in [1.82, 2.24) is 34.7 Å². The Morgan fingerprint density at radius 2 is 1.87 bits per heavy atom. The highest BCUT2D eigenvalue weighted by Crippen LogP contribution is 2.47. The van der Waals surface area contributed by atoms with Gasteiger partial charge in [0, 0.05) is 31.3 Å². The van der Waals surface area contributed by atoms with Crippen LogP contribution >= 0.6 is 0 Å². The Hall–Kier alpha value is -4.53. The van der Waals surface area contributed by atoms with Gasteiger partial charge in [-0.1, -0.05) is 26.0 Å². The number of hydrogen-bond donors (Lipinski definition) is 2. The summed E-state index contributed by atoms with van der Waals surface area (Å²) in [4.78, 5) is 53.2. The number of hydrogen-bond acceptors (Lipinski definition) is 10. The number of amides is 3. The predicted molar refractivity (Wildman–Crippen MR) is 192 cm³/mol. The number of aromatic nitrogens is 4. The summed E-state index contributed by atoms with van der Waals surface area (Å²) >= 11 is 0. The first-order valence-corrected chi connectivity index (χ1v) is 19.7. The van der Waals surface area contributed by atoms with Crippen LogP contribution < -0.4 is 19.5 Å². The third-order valence-corrected chi connectivity index (χ3v) is 12.7. The van der Waals surface area contributed by atoms with E-state index in [1.807, 2.05) is 37.3 Å². The SMILES string of the molecule is COc1ccc2c(OC3CC4C(=O)NC5(C(=O)NS(=O)(=O)C6CC6)CC5/C=C/CCCCN(C)C(=O)C4C3)nc(-n3ccc(C(C)C)n3)nc2c1C. The molecule has 278 valence electrons. The topological polar surface area (TPSA) is 175 Å². The minimum atomic E-state index is -3.84. The molecule has 52 heavy (non-hydrogen) atoms. The van der Waals surface area contributed by atoms with Crippen LogP contribution in [-0.2, 0) is 24.4 Å². The van der Waals surface area contributed by atoms with Crippen LogP contribution in [0.1, 0.15) is 82.4 Å².